The summed E-state index contributed by atoms with van der Waals surface area (Å²) in [7, 11) is 0. The van der Waals surface area contributed by atoms with Gasteiger partial charge >= 0.3 is 0 Å². The second-order valence-corrected chi connectivity index (χ2v) is 6.73. The average Bonchev–Trinajstić information content (AvgIpc) is 2.85. The third-order valence-corrected chi connectivity index (χ3v) is 5.03. The summed E-state index contributed by atoms with van der Waals surface area (Å²) in [6, 6.07) is 5.17. The first-order chi connectivity index (χ1) is 8.66. The van der Waals surface area contributed by atoms with Gasteiger partial charge in [-0.3, -0.25) is 0 Å². The molecule has 2 unspecified atom stereocenters. The monoisotopic (exact) mass is 305 g/mol. The van der Waals surface area contributed by atoms with E-state index in [1.165, 1.54) is 18.6 Å². The minimum Gasteiger partial charge on any atom is -0.387 e. The summed E-state index contributed by atoms with van der Waals surface area (Å²) in [5, 5.41) is 15.2. The topological polar surface area (TPSA) is 32.3 Å². The fourth-order valence-electron chi connectivity index (χ4n) is 2.07. The fourth-order valence-corrected chi connectivity index (χ4v) is 3.73. The van der Waals surface area contributed by atoms with E-state index in [1.54, 1.807) is 18.2 Å². The largest absolute Gasteiger partial charge is 0.387 e. The second kappa shape index (κ2) is 7.01. The van der Waals surface area contributed by atoms with Crippen molar-refractivity contribution in [3.63, 3.8) is 0 Å². The first-order valence-corrected chi connectivity index (χ1v) is 7.92. The van der Waals surface area contributed by atoms with Crippen LogP contribution >= 0.6 is 35.0 Å². The average molecular weight is 306 g/mol. The van der Waals surface area contributed by atoms with E-state index in [1.807, 2.05) is 11.8 Å². The Kier molecular flexibility index (Phi) is 5.64. The van der Waals surface area contributed by atoms with Gasteiger partial charge in [0.15, 0.2) is 0 Å². The highest BCUT2D eigenvalue weighted by atomic mass is 35.5. The normalized spacial score (nSPS) is 21.2. The number of thioether (sulfide) groups is 1. The van der Waals surface area contributed by atoms with Gasteiger partial charge in [0.2, 0.25) is 0 Å². The Hall–Kier alpha value is 0.0700. The molecule has 1 aliphatic rings. The van der Waals surface area contributed by atoms with Gasteiger partial charge in [0.1, 0.15) is 0 Å². The number of rotatable bonds is 5. The van der Waals surface area contributed by atoms with Crippen molar-refractivity contribution in [2.75, 3.05) is 18.8 Å². The van der Waals surface area contributed by atoms with Crippen LogP contribution < -0.4 is 5.32 Å². The van der Waals surface area contributed by atoms with Crippen LogP contribution in [0.3, 0.4) is 0 Å². The number of benzene rings is 1. The van der Waals surface area contributed by atoms with Crippen LogP contribution in [0, 0.1) is 0 Å². The molecule has 0 spiro atoms. The summed E-state index contributed by atoms with van der Waals surface area (Å²) in [5.74, 6) is 1.26. The van der Waals surface area contributed by atoms with E-state index in [9.17, 15) is 5.11 Å². The van der Waals surface area contributed by atoms with Gasteiger partial charge in [-0.05, 0) is 36.8 Å². The number of hydrogen-bond donors (Lipinski definition) is 2. The van der Waals surface area contributed by atoms with Crippen molar-refractivity contribution in [2.24, 2.45) is 0 Å². The molecule has 0 amide bonds. The van der Waals surface area contributed by atoms with Gasteiger partial charge < -0.3 is 10.4 Å². The lowest BCUT2D eigenvalue weighted by molar-refractivity contribution is 0.175. The molecule has 2 nitrogen and oxygen atoms in total. The van der Waals surface area contributed by atoms with Crippen LogP contribution in [0.2, 0.25) is 10.0 Å². The SMILES string of the molecule is OC(CNCC1CCCS1)c1cc(Cl)ccc1Cl. The summed E-state index contributed by atoms with van der Waals surface area (Å²) in [6.07, 6.45) is 1.97. The van der Waals surface area contributed by atoms with Crippen molar-refractivity contribution >= 4 is 35.0 Å². The number of aliphatic hydroxyl groups is 1. The molecule has 1 saturated heterocycles. The van der Waals surface area contributed by atoms with Crippen LogP contribution in [0.5, 0.6) is 0 Å². The molecule has 2 N–H and O–H groups in total. The molecule has 1 aliphatic heterocycles. The van der Waals surface area contributed by atoms with Gasteiger partial charge in [-0.1, -0.05) is 23.2 Å². The summed E-state index contributed by atoms with van der Waals surface area (Å²) in [5.41, 5.74) is 0.691. The minimum absolute atomic E-state index is 0.511. The van der Waals surface area contributed by atoms with Crippen molar-refractivity contribution in [3.8, 4) is 0 Å². The predicted molar refractivity (Wildman–Crippen MR) is 79.8 cm³/mol. The molecule has 2 atom stereocenters. The smallest absolute Gasteiger partial charge is 0.0929 e. The Morgan fingerprint density at radius 1 is 1.44 bits per heavy atom. The molecule has 0 aromatic heterocycles. The van der Waals surface area contributed by atoms with E-state index >= 15 is 0 Å². The fraction of sp³-hybridized carbons (Fsp3) is 0.538. The summed E-state index contributed by atoms with van der Waals surface area (Å²) in [6.45, 7) is 1.46. The second-order valence-electron chi connectivity index (χ2n) is 4.47. The zero-order chi connectivity index (χ0) is 13.0. The lowest BCUT2D eigenvalue weighted by atomic mass is 10.1. The molecule has 0 bridgehead atoms. The van der Waals surface area contributed by atoms with E-state index in [2.05, 4.69) is 5.32 Å². The zero-order valence-corrected chi connectivity index (χ0v) is 12.4. The Morgan fingerprint density at radius 2 is 2.28 bits per heavy atom. The molecule has 5 heteroatoms. The minimum atomic E-state index is -0.609. The van der Waals surface area contributed by atoms with Crippen molar-refractivity contribution in [3.05, 3.63) is 33.8 Å². The summed E-state index contributed by atoms with van der Waals surface area (Å²) < 4.78 is 0. The molecule has 2 rings (SSSR count). The first-order valence-electron chi connectivity index (χ1n) is 6.12. The van der Waals surface area contributed by atoms with Crippen LogP contribution in [0.25, 0.3) is 0 Å². The summed E-state index contributed by atoms with van der Waals surface area (Å²) in [4.78, 5) is 0. The van der Waals surface area contributed by atoms with E-state index in [-0.39, 0.29) is 0 Å². The van der Waals surface area contributed by atoms with Gasteiger partial charge in [0.25, 0.3) is 0 Å². The molecular weight excluding hydrogens is 289 g/mol. The molecule has 1 aromatic carbocycles. The molecule has 0 saturated carbocycles. The van der Waals surface area contributed by atoms with Gasteiger partial charge in [0, 0.05) is 33.9 Å². The van der Waals surface area contributed by atoms with E-state index in [4.69, 9.17) is 23.2 Å². The molecule has 0 radical (unpaired) electrons. The Labute approximate surface area is 122 Å². The van der Waals surface area contributed by atoms with Gasteiger partial charge in [-0.2, -0.15) is 11.8 Å². The van der Waals surface area contributed by atoms with Gasteiger partial charge in [-0.25, -0.2) is 0 Å². The third kappa shape index (κ3) is 4.04. The van der Waals surface area contributed by atoms with E-state index in [0.29, 0.717) is 27.4 Å². The molecule has 0 aliphatic carbocycles. The van der Waals surface area contributed by atoms with Crippen molar-refractivity contribution < 1.29 is 5.11 Å². The molecule has 1 aromatic rings. The van der Waals surface area contributed by atoms with Crippen molar-refractivity contribution in [1.82, 2.24) is 5.32 Å². The lowest BCUT2D eigenvalue weighted by Gasteiger charge is -2.16. The van der Waals surface area contributed by atoms with Crippen LogP contribution in [0.1, 0.15) is 24.5 Å². The number of nitrogens with one attached hydrogen (secondary N) is 1. The maximum Gasteiger partial charge on any atom is 0.0929 e. The highest BCUT2D eigenvalue weighted by molar-refractivity contribution is 8.00. The van der Waals surface area contributed by atoms with Crippen molar-refractivity contribution in [2.45, 2.75) is 24.2 Å². The Bertz CT molecular complexity index is 397. The third-order valence-electron chi connectivity index (χ3n) is 3.05. The number of halogens is 2. The quantitative estimate of drug-likeness (QED) is 0.873. The van der Waals surface area contributed by atoms with Crippen LogP contribution in [-0.2, 0) is 0 Å². The Balaban J connectivity index is 1.83. The Morgan fingerprint density at radius 3 is 3.00 bits per heavy atom. The predicted octanol–water partition coefficient (Wildman–Crippen LogP) is 3.51. The lowest BCUT2D eigenvalue weighted by Crippen LogP contribution is -2.27. The van der Waals surface area contributed by atoms with Gasteiger partial charge in [-0.15, -0.1) is 0 Å². The number of hydrogen-bond acceptors (Lipinski definition) is 3. The molecule has 1 fully saturated rings. The van der Waals surface area contributed by atoms with Gasteiger partial charge in [0.05, 0.1) is 6.10 Å². The molecule has 100 valence electrons. The highest BCUT2D eigenvalue weighted by Gasteiger charge is 2.16. The van der Waals surface area contributed by atoms with E-state index in [0.717, 1.165) is 6.54 Å². The maximum absolute atomic E-state index is 10.1. The van der Waals surface area contributed by atoms with Crippen LogP contribution in [0.15, 0.2) is 18.2 Å². The van der Waals surface area contributed by atoms with Crippen molar-refractivity contribution in [1.29, 1.82) is 0 Å². The molecular formula is C13H17Cl2NOS. The van der Waals surface area contributed by atoms with Crippen LogP contribution in [0.4, 0.5) is 0 Å². The first kappa shape index (κ1) is 14.5. The van der Waals surface area contributed by atoms with Crippen LogP contribution in [-0.4, -0.2) is 29.2 Å². The molecule has 18 heavy (non-hydrogen) atoms. The number of aliphatic hydroxyl groups excluding tert-OH is 1. The van der Waals surface area contributed by atoms with E-state index < -0.39 is 6.10 Å². The maximum atomic E-state index is 10.1. The molecule has 1 heterocycles. The highest BCUT2D eigenvalue weighted by Crippen LogP contribution is 2.27. The standard InChI is InChI=1S/C13H17Cl2NOS/c14-9-3-4-12(15)11(6-9)13(17)8-16-7-10-2-1-5-18-10/h3-4,6,10,13,16-17H,1-2,5,7-8H2. The zero-order valence-electron chi connectivity index (χ0n) is 10.0. The summed E-state index contributed by atoms with van der Waals surface area (Å²) >= 11 is 14.0.